The average Bonchev–Trinajstić information content (AvgIpc) is 2.93. The zero-order valence-corrected chi connectivity index (χ0v) is 9.98. The number of fused-ring (bicyclic) bond motifs is 1. The van der Waals surface area contributed by atoms with E-state index < -0.39 is 0 Å². The van der Waals surface area contributed by atoms with E-state index in [0.717, 1.165) is 11.7 Å². The summed E-state index contributed by atoms with van der Waals surface area (Å²) >= 11 is 0. The normalized spacial score (nSPS) is 29.8. The van der Waals surface area contributed by atoms with E-state index in [-0.39, 0.29) is 11.4 Å². The molecule has 0 amide bonds. The van der Waals surface area contributed by atoms with Gasteiger partial charge in [-0.25, -0.2) is 14.8 Å². The van der Waals surface area contributed by atoms with Crippen LogP contribution >= 0.6 is 0 Å². The van der Waals surface area contributed by atoms with E-state index in [1.807, 2.05) is 0 Å². The van der Waals surface area contributed by atoms with Gasteiger partial charge < -0.3 is 4.74 Å². The summed E-state index contributed by atoms with van der Waals surface area (Å²) in [6, 6.07) is 1.63. The minimum absolute atomic E-state index is 0.197. The van der Waals surface area contributed by atoms with Crippen molar-refractivity contribution in [3.63, 3.8) is 0 Å². The first-order valence-corrected chi connectivity index (χ1v) is 6.27. The molecule has 1 heterocycles. The molecule has 2 aliphatic carbocycles. The van der Waals surface area contributed by atoms with Crippen LogP contribution in [-0.2, 0) is 10.2 Å². The quantitative estimate of drug-likeness (QED) is 0.749. The van der Waals surface area contributed by atoms with Crippen molar-refractivity contribution in [2.45, 2.75) is 38.0 Å². The summed E-state index contributed by atoms with van der Waals surface area (Å²) in [5.41, 5.74) is 0.589. The van der Waals surface area contributed by atoms with E-state index in [1.54, 1.807) is 19.2 Å². The van der Waals surface area contributed by atoms with Gasteiger partial charge in [0.05, 0.1) is 6.61 Å². The van der Waals surface area contributed by atoms with Gasteiger partial charge >= 0.3 is 5.97 Å². The minimum Gasteiger partial charge on any atom is -0.461 e. The van der Waals surface area contributed by atoms with Crippen molar-refractivity contribution in [1.29, 1.82) is 0 Å². The number of carbonyl (C=O) groups is 1. The van der Waals surface area contributed by atoms with Crippen LogP contribution in [-0.4, -0.2) is 22.5 Å². The Bertz CT molecular complexity index is 460. The molecule has 1 aromatic rings. The number of hydrogen-bond acceptors (Lipinski definition) is 4. The van der Waals surface area contributed by atoms with Crippen molar-refractivity contribution in [2.75, 3.05) is 6.61 Å². The topological polar surface area (TPSA) is 52.1 Å². The van der Waals surface area contributed by atoms with Crippen LogP contribution in [0.1, 0.15) is 48.9 Å². The number of aromatic nitrogens is 2. The zero-order valence-electron chi connectivity index (χ0n) is 9.98. The first-order chi connectivity index (χ1) is 8.26. The van der Waals surface area contributed by atoms with Gasteiger partial charge in [0.25, 0.3) is 0 Å². The highest BCUT2D eigenvalue weighted by molar-refractivity contribution is 5.87. The molecule has 4 heteroatoms. The number of nitrogens with zero attached hydrogens (tertiary/aromatic N) is 2. The van der Waals surface area contributed by atoms with Gasteiger partial charge in [0, 0.05) is 11.6 Å². The van der Waals surface area contributed by atoms with Crippen molar-refractivity contribution in [2.24, 2.45) is 5.92 Å². The van der Waals surface area contributed by atoms with Crippen molar-refractivity contribution < 1.29 is 9.53 Å². The highest BCUT2D eigenvalue weighted by Crippen LogP contribution is 2.63. The molecule has 0 radical (unpaired) electrons. The molecule has 2 aliphatic rings. The Morgan fingerprint density at radius 2 is 2.53 bits per heavy atom. The van der Waals surface area contributed by atoms with Gasteiger partial charge in [-0.3, -0.25) is 0 Å². The smallest absolute Gasteiger partial charge is 0.357 e. The molecule has 0 spiro atoms. The first-order valence-electron chi connectivity index (χ1n) is 6.27. The maximum absolute atomic E-state index is 11.6. The molecule has 17 heavy (non-hydrogen) atoms. The lowest BCUT2D eigenvalue weighted by atomic mass is 10.0. The van der Waals surface area contributed by atoms with Gasteiger partial charge in [-0.15, -0.1) is 0 Å². The maximum atomic E-state index is 11.6. The van der Waals surface area contributed by atoms with Crippen LogP contribution in [0.4, 0.5) is 0 Å². The van der Waals surface area contributed by atoms with Crippen LogP contribution in [0.3, 0.4) is 0 Å². The Balaban J connectivity index is 1.87. The zero-order chi connectivity index (χ0) is 11.9. The van der Waals surface area contributed by atoms with Crippen molar-refractivity contribution in [3.8, 4) is 0 Å². The largest absolute Gasteiger partial charge is 0.461 e. The summed E-state index contributed by atoms with van der Waals surface area (Å²) in [7, 11) is 0. The van der Waals surface area contributed by atoms with Crippen LogP contribution in [0.2, 0.25) is 0 Å². The number of hydrogen-bond donors (Lipinski definition) is 0. The lowest BCUT2D eigenvalue weighted by Crippen LogP contribution is -2.15. The lowest BCUT2D eigenvalue weighted by Gasteiger charge is -2.10. The monoisotopic (exact) mass is 232 g/mol. The number of ether oxygens (including phenoxy) is 1. The molecule has 2 unspecified atom stereocenters. The Morgan fingerprint density at radius 3 is 3.18 bits per heavy atom. The average molecular weight is 232 g/mol. The molecule has 90 valence electrons. The molecule has 0 saturated heterocycles. The highest BCUT2D eigenvalue weighted by Gasteiger charge is 2.59. The standard InChI is InChI=1S/C13H16N2O2/c1-2-17-11(16)10-5-7-14-12(15-10)13-6-3-4-9(13)8-13/h5,7,9H,2-4,6,8H2,1H3. The summed E-state index contributed by atoms with van der Waals surface area (Å²) in [5, 5.41) is 0. The van der Waals surface area contributed by atoms with Crippen molar-refractivity contribution >= 4 is 5.97 Å². The van der Waals surface area contributed by atoms with Crippen LogP contribution in [0.5, 0.6) is 0 Å². The summed E-state index contributed by atoms with van der Waals surface area (Å²) in [6.45, 7) is 2.18. The summed E-state index contributed by atoms with van der Waals surface area (Å²) < 4.78 is 4.96. The van der Waals surface area contributed by atoms with E-state index in [1.165, 1.54) is 25.7 Å². The van der Waals surface area contributed by atoms with E-state index in [2.05, 4.69) is 9.97 Å². The van der Waals surface area contributed by atoms with Crippen molar-refractivity contribution in [3.05, 3.63) is 23.8 Å². The fourth-order valence-electron chi connectivity index (χ4n) is 3.03. The van der Waals surface area contributed by atoms with Gasteiger partial charge in [-0.05, 0) is 38.2 Å². The number of carbonyl (C=O) groups excluding carboxylic acids is 1. The molecule has 2 saturated carbocycles. The third-order valence-electron chi connectivity index (χ3n) is 3.99. The Kier molecular flexibility index (Phi) is 2.38. The minimum atomic E-state index is -0.345. The lowest BCUT2D eigenvalue weighted by molar-refractivity contribution is 0.0518. The number of rotatable bonds is 3. The number of esters is 1. The van der Waals surface area contributed by atoms with Gasteiger partial charge in [0.15, 0.2) is 5.69 Å². The summed E-state index contributed by atoms with van der Waals surface area (Å²) in [5.74, 6) is 1.26. The second-order valence-electron chi connectivity index (χ2n) is 4.94. The summed E-state index contributed by atoms with van der Waals surface area (Å²) in [4.78, 5) is 20.4. The van der Waals surface area contributed by atoms with Crippen molar-refractivity contribution in [1.82, 2.24) is 9.97 Å². The molecular weight excluding hydrogens is 216 g/mol. The van der Waals surface area contributed by atoms with Gasteiger partial charge in [0.1, 0.15) is 5.82 Å². The predicted octanol–water partition coefficient (Wildman–Crippen LogP) is 2.09. The third kappa shape index (κ3) is 1.63. The molecule has 0 bridgehead atoms. The maximum Gasteiger partial charge on any atom is 0.357 e. The Morgan fingerprint density at radius 1 is 1.65 bits per heavy atom. The molecule has 2 atom stereocenters. The fraction of sp³-hybridized carbons (Fsp3) is 0.615. The van der Waals surface area contributed by atoms with Crippen LogP contribution in [0.15, 0.2) is 12.3 Å². The molecule has 0 aromatic carbocycles. The second-order valence-corrected chi connectivity index (χ2v) is 4.94. The molecule has 4 nitrogen and oxygen atoms in total. The van der Waals surface area contributed by atoms with Crippen LogP contribution in [0.25, 0.3) is 0 Å². The molecule has 0 N–H and O–H groups in total. The molecule has 2 fully saturated rings. The first kappa shape index (κ1) is 10.7. The third-order valence-corrected chi connectivity index (χ3v) is 3.99. The predicted molar refractivity (Wildman–Crippen MR) is 61.6 cm³/mol. The Labute approximate surface area is 100 Å². The Hall–Kier alpha value is -1.45. The van der Waals surface area contributed by atoms with Gasteiger partial charge in [-0.2, -0.15) is 0 Å². The van der Waals surface area contributed by atoms with E-state index in [9.17, 15) is 4.79 Å². The highest BCUT2D eigenvalue weighted by atomic mass is 16.5. The van der Waals surface area contributed by atoms with E-state index in [4.69, 9.17) is 4.74 Å². The molecule has 1 aromatic heterocycles. The molecule has 0 aliphatic heterocycles. The SMILES string of the molecule is CCOC(=O)c1ccnc(C23CCCC2C3)n1. The van der Waals surface area contributed by atoms with Crippen LogP contribution < -0.4 is 0 Å². The van der Waals surface area contributed by atoms with Gasteiger partial charge in [0.2, 0.25) is 0 Å². The molecular formula is C13H16N2O2. The van der Waals surface area contributed by atoms with E-state index >= 15 is 0 Å². The van der Waals surface area contributed by atoms with Crippen LogP contribution in [0, 0.1) is 5.92 Å². The summed E-state index contributed by atoms with van der Waals surface area (Å²) in [6.07, 6.45) is 6.59. The second kappa shape index (κ2) is 3.79. The van der Waals surface area contributed by atoms with Gasteiger partial charge in [-0.1, -0.05) is 6.42 Å². The fourth-order valence-corrected chi connectivity index (χ4v) is 3.03. The molecule has 3 rings (SSSR count). The van der Waals surface area contributed by atoms with E-state index in [0.29, 0.717) is 12.3 Å².